The third kappa shape index (κ3) is 7.63. The Morgan fingerprint density at radius 1 is 0.600 bits per heavy atom. The van der Waals surface area contributed by atoms with Gasteiger partial charge in [-0.05, 0) is 73.2 Å². The first-order valence-corrected chi connectivity index (χ1v) is 10.8. The van der Waals surface area contributed by atoms with Gasteiger partial charge in [0.2, 0.25) is 0 Å². The summed E-state index contributed by atoms with van der Waals surface area (Å²) in [4.78, 5) is 48.5. The van der Waals surface area contributed by atoms with Crippen molar-refractivity contribution in [2.75, 3.05) is 10.6 Å². The van der Waals surface area contributed by atoms with E-state index in [2.05, 4.69) is 32.3 Å². The molecule has 0 radical (unpaired) electrons. The third-order valence-corrected chi connectivity index (χ3v) is 5.04. The van der Waals surface area contributed by atoms with Crippen molar-refractivity contribution in [3.8, 4) is 0 Å². The Kier molecular flexibility index (Phi) is 8.49. The van der Waals surface area contributed by atoms with Gasteiger partial charge in [0.15, 0.2) is 0 Å². The molecule has 180 valence electrons. The van der Waals surface area contributed by atoms with Gasteiger partial charge in [0.1, 0.15) is 0 Å². The van der Waals surface area contributed by atoms with E-state index >= 15 is 0 Å². The molecule has 12 heteroatoms. The number of carbonyl (C=O) groups is 4. The highest BCUT2D eigenvalue weighted by molar-refractivity contribution is 6.31. The van der Waals surface area contributed by atoms with Crippen molar-refractivity contribution in [1.82, 2.24) is 21.7 Å². The van der Waals surface area contributed by atoms with Crippen LogP contribution >= 0.6 is 23.2 Å². The van der Waals surface area contributed by atoms with E-state index in [0.717, 1.165) is 0 Å². The van der Waals surface area contributed by atoms with Crippen LogP contribution in [0.2, 0.25) is 10.0 Å². The van der Waals surface area contributed by atoms with Crippen molar-refractivity contribution in [2.24, 2.45) is 0 Å². The first kappa shape index (κ1) is 25.3. The summed E-state index contributed by atoms with van der Waals surface area (Å²) >= 11 is 11.6. The number of aryl methyl sites for hydroxylation is 1. The number of halogens is 2. The summed E-state index contributed by atoms with van der Waals surface area (Å²) in [7, 11) is 0. The Balaban J connectivity index is 1.50. The Labute approximate surface area is 210 Å². The van der Waals surface area contributed by atoms with Crippen molar-refractivity contribution < 1.29 is 19.2 Å². The molecule has 35 heavy (non-hydrogen) atoms. The molecule has 3 aromatic rings. The lowest BCUT2D eigenvalue weighted by Gasteiger charge is -2.13. The summed E-state index contributed by atoms with van der Waals surface area (Å²) in [6.07, 6.45) is 0. The van der Waals surface area contributed by atoms with Gasteiger partial charge in [0, 0.05) is 32.5 Å². The van der Waals surface area contributed by atoms with Gasteiger partial charge in [-0.25, -0.2) is 20.4 Å². The minimum Gasteiger partial charge on any atom is -0.307 e. The molecule has 6 amide bonds. The Hall–Kier alpha value is -4.28. The van der Waals surface area contributed by atoms with Crippen molar-refractivity contribution in [2.45, 2.75) is 6.92 Å². The Morgan fingerprint density at radius 2 is 1.06 bits per heavy atom. The molecule has 0 aliphatic carbocycles. The second-order valence-corrected chi connectivity index (χ2v) is 7.98. The number of carbonyl (C=O) groups excluding carboxylic acids is 4. The van der Waals surface area contributed by atoms with E-state index in [1.54, 1.807) is 43.3 Å². The molecule has 0 saturated heterocycles. The minimum absolute atomic E-state index is 0.311. The topological polar surface area (TPSA) is 140 Å². The molecule has 6 N–H and O–H groups in total. The number of hydrogen-bond donors (Lipinski definition) is 6. The fourth-order valence-corrected chi connectivity index (χ4v) is 2.98. The molecule has 3 rings (SSSR count). The molecule has 0 heterocycles. The number of rotatable bonds is 4. The quantitative estimate of drug-likeness (QED) is 0.289. The number of urea groups is 2. The highest BCUT2D eigenvalue weighted by atomic mass is 35.5. The zero-order valence-electron chi connectivity index (χ0n) is 18.2. The maximum atomic E-state index is 12.2. The second-order valence-electron chi connectivity index (χ2n) is 7.11. The smallest absolute Gasteiger partial charge is 0.307 e. The van der Waals surface area contributed by atoms with Gasteiger partial charge in [0.25, 0.3) is 11.8 Å². The zero-order chi connectivity index (χ0) is 25.4. The molecule has 0 bridgehead atoms. The number of hydrazine groups is 2. The van der Waals surface area contributed by atoms with Crippen LogP contribution in [0.1, 0.15) is 26.3 Å². The van der Waals surface area contributed by atoms with E-state index in [-0.39, 0.29) is 0 Å². The van der Waals surface area contributed by atoms with Crippen molar-refractivity contribution in [3.63, 3.8) is 0 Å². The molecular formula is C23H20Cl2N6O4. The van der Waals surface area contributed by atoms with Crippen LogP contribution in [0, 0.1) is 6.92 Å². The van der Waals surface area contributed by atoms with Gasteiger partial charge in [-0.15, -0.1) is 0 Å². The minimum atomic E-state index is -0.707. The van der Waals surface area contributed by atoms with Crippen molar-refractivity contribution >= 4 is 58.5 Å². The van der Waals surface area contributed by atoms with Crippen LogP contribution in [0.5, 0.6) is 0 Å². The molecule has 0 fully saturated rings. The summed E-state index contributed by atoms with van der Waals surface area (Å²) in [6.45, 7) is 1.75. The van der Waals surface area contributed by atoms with Crippen LogP contribution < -0.4 is 32.3 Å². The maximum Gasteiger partial charge on any atom is 0.337 e. The van der Waals surface area contributed by atoms with Crippen LogP contribution in [0.25, 0.3) is 0 Å². The normalized spacial score (nSPS) is 10.0. The molecule has 3 aromatic carbocycles. The molecule has 0 aliphatic heterocycles. The zero-order valence-corrected chi connectivity index (χ0v) is 19.8. The fraction of sp³-hybridized carbons (Fsp3) is 0.0435. The van der Waals surface area contributed by atoms with Crippen molar-refractivity contribution in [1.29, 1.82) is 0 Å². The van der Waals surface area contributed by atoms with Gasteiger partial charge in [-0.1, -0.05) is 29.3 Å². The van der Waals surface area contributed by atoms with Gasteiger partial charge in [-0.3, -0.25) is 20.4 Å². The van der Waals surface area contributed by atoms with Crippen LogP contribution in [0.3, 0.4) is 0 Å². The van der Waals surface area contributed by atoms with E-state index in [9.17, 15) is 19.2 Å². The van der Waals surface area contributed by atoms with E-state index in [1.165, 1.54) is 30.3 Å². The molecule has 0 unspecified atom stereocenters. The molecule has 10 nitrogen and oxygen atoms in total. The molecule has 0 aliphatic rings. The molecule has 0 atom stereocenters. The molecule has 0 saturated carbocycles. The molecule has 0 aromatic heterocycles. The number of anilines is 2. The first-order chi connectivity index (χ1) is 16.7. The molecule has 0 spiro atoms. The highest BCUT2D eigenvalue weighted by Crippen LogP contribution is 2.20. The SMILES string of the molecule is Cc1ccc(NC(=O)NNC(=O)c2ccc(Cl)cc2)cc1NC(=O)NNC(=O)c1ccc(Cl)cc1. The van der Waals surface area contributed by atoms with Crippen LogP contribution in [-0.4, -0.2) is 23.9 Å². The molecular weight excluding hydrogens is 495 g/mol. The predicted molar refractivity (Wildman–Crippen MR) is 133 cm³/mol. The summed E-state index contributed by atoms with van der Waals surface area (Å²) < 4.78 is 0. The summed E-state index contributed by atoms with van der Waals surface area (Å²) in [5.74, 6) is -1.05. The van der Waals surface area contributed by atoms with Gasteiger partial charge in [-0.2, -0.15) is 0 Å². The number of hydrogen-bond acceptors (Lipinski definition) is 4. The van der Waals surface area contributed by atoms with E-state index < -0.39 is 23.9 Å². The van der Waals surface area contributed by atoms with Gasteiger partial charge in [0.05, 0.1) is 0 Å². The highest BCUT2D eigenvalue weighted by Gasteiger charge is 2.11. The summed E-state index contributed by atoms with van der Waals surface area (Å²) in [6, 6.07) is 15.6. The Bertz CT molecular complexity index is 1250. The first-order valence-electron chi connectivity index (χ1n) is 10.1. The lowest BCUT2D eigenvalue weighted by Crippen LogP contribution is -2.44. The van der Waals surface area contributed by atoms with Crippen molar-refractivity contribution in [3.05, 3.63) is 93.5 Å². The third-order valence-electron chi connectivity index (χ3n) is 4.54. The number of nitrogens with one attached hydrogen (secondary N) is 6. The number of benzene rings is 3. The fourth-order valence-electron chi connectivity index (χ4n) is 2.72. The van der Waals surface area contributed by atoms with E-state index in [4.69, 9.17) is 23.2 Å². The lowest BCUT2D eigenvalue weighted by atomic mass is 10.2. The number of amides is 6. The van der Waals surface area contributed by atoms with Crippen LogP contribution in [0.4, 0.5) is 21.0 Å². The average Bonchev–Trinajstić information content (AvgIpc) is 2.84. The standard InChI is InChI=1S/C23H20Cl2N6O4/c1-13-2-11-18(26-22(34)30-28-20(32)14-3-7-16(24)8-4-14)12-19(13)27-23(35)31-29-21(33)15-5-9-17(25)10-6-15/h2-12H,1H3,(H,28,32)(H,29,33)(H2,26,30,34)(H2,27,31,35). The van der Waals surface area contributed by atoms with Crippen LogP contribution in [-0.2, 0) is 0 Å². The lowest BCUT2D eigenvalue weighted by molar-refractivity contribution is 0.0931. The summed E-state index contributed by atoms with van der Waals surface area (Å²) in [5, 5.41) is 6.08. The predicted octanol–water partition coefficient (Wildman–Crippen LogP) is 4.23. The second kappa shape index (κ2) is 11.7. The van der Waals surface area contributed by atoms with Gasteiger partial charge >= 0.3 is 12.1 Å². The monoisotopic (exact) mass is 514 g/mol. The van der Waals surface area contributed by atoms with E-state index in [0.29, 0.717) is 38.1 Å². The van der Waals surface area contributed by atoms with Crippen LogP contribution in [0.15, 0.2) is 66.7 Å². The van der Waals surface area contributed by atoms with E-state index in [1.807, 2.05) is 0 Å². The average molecular weight is 515 g/mol. The van der Waals surface area contributed by atoms with Gasteiger partial charge < -0.3 is 10.6 Å². The Morgan fingerprint density at radius 3 is 1.54 bits per heavy atom. The summed E-state index contributed by atoms with van der Waals surface area (Å²) in [5.41, 5.74) is 11.1. The maximum absolute atomic E-state index is 12.2. The largest absolute Gasteiger partial charge is 0.337 e.